The van der Waals surface area contributed by atoms with Gasteiger partial charge in [-0.05, 0) is 70.9 Å². The smallest absolute Gasteiger partial charge is 0.323 e. The fraction of sp³-hybridized carbons (Fsp3) is 1.00. The molecule has 0 amide bonds. The molecule has 36 heavy (non-hydrogen) atoms. The van der Waals surface area contributed by atoms with Crippen molar-refractivity contribution in [3.63, 3.8) is 0 Å². The lowest BCUT2D eigenvalue weighted by Crippen LogP contribution is -2.50. The molecule has 0 bridgehead atoms. The van der Waals surface area contributed by atoms with Gasteiger partial charge < -0.3 is 4.74 Å². The largest absolute Gasteiger partial charge is 0.346 e. The van der Waals surface area contributed by atoms with Gasteiger partial charge in [-0.1, -0.05) is 116 Å². The zero-order valence-electron chi connectivity index (χ0n) is 23.0. The molecule has 4 fully saturated rings. The van der Waals surface area contributed by atoms with Crippen molar-refractivity contribution in [2.24, 2.45) is 10.8 Å². The fourth-order valence-corrected chi connectivity index (χ4v) is 6.91. The van der Waals surface area contributed by atoms with E-state index in [4.69, 9.17) is 14.5 Å². The van der Waals surface area contributed by atoms with Crippen LogP contribution in [-0.2, 0) is 29.6 Å². The lowest BCUT2D eigenvalue weighted by Gasteiger charge is -2.44. The molecule has 2 aliphatic carbocycles. The number of ether oxygens (including phenoxy) is 1. The van der Waals surface area contributed by atoms with E-state index in [0.717, 1.165) is 11.8 Å². The van der Waals surface area contributed by atoms with Crippen LogP contribution in [0.2, 0.25) is 0 Å². The minimum atomic E-state index is -1.28. The monoisotopic (exact) mass is 510 g/mol. The standard InChI is InChI=1S/C30H54O6/c1-3-7-11-15-19-28(23-24-28)20-16-12-8-4-2-6-10-14-18-22-29(21-17-13-9-5-1)25-26-30(31-27-29)32-34-36-35-33-30/h1-27H2. The summed E-state index contributed by atoms with van der Waals surface area (Å²) in [5.41, 5.74) is 1.00. The normalized spacial score (nSPS) is 30.0. The van der Waals surface area contributed by atoms with Crippen LogP contribution in [0.4, 0.5) is 0 Å². The van der Waals surface area contributed by atoms with Gasteiger partial charge >= 0.3 is 5.97 Å². The molecule has 2 saturated heterocycles. The summed E-state index contributed by atoms with van der Waals surface area (Å²) < 4.78 is 6.04. The van der Waals surface area contributed by atoms with Crippen LogP contribution in [0.15, 0.2) is 0 Å². The van der Waals surface area contributed by atoms with E-state index in [1.165, 1.54) is 154 Å². The first-order chi connectivity index (χ1) is 17.7. The highest BCUT2D eigenvalue weighted by Gasteiger charge is 2.49. The first-order valence-corrected chi connectivity index (χ1v) is 15.7. The van der Waals surface area contributed by atoms with E-state index in [1.54, 1.807) is 0 Å². The Hall–Kier alpha value is -0.240. The summed E-state index contributed by atoms with van der Waals surface area (Å²) in [4.78, 5) is 10.3. The van der Waals surface area contributed by atoms with Crippen molar-refractivity contribution >= 4 is 0 Å². The fourth-order valence-electron chi connectivity index (χ4n) is 6.91. The summed E-state index contributed by atoms with van der Waals surface area (Å²) in [6.07, 6.45) is 35.4. The number of hydrogen-bond donors (Lipinski definition) is 0. The van der Waals surface area contributed by atoms with Gasteiger partial charge in [-0.2, -0.15) is 0 Å². The third-order valence-corrected chi connectivity index (χ3v) is 9.72. The minimum absolute atomic E-state index is 0.211. The lowest BCUT2D eigenvalue weighted by molar-refractivity contribution is -0.831. The SMILES string of the molecule is C1CCCCCC2(CCCCCCCCCCCC3(CCCCC1)CCC1(OC3)OOOOO1)CC2. The second-order valence-electron chi connectivity index (χ2n) is 12.7. The quantitative estimate of drug-likeness (QED) is 0.302. The van der Waals surface area contributed by atoms with Gasteiger partial charge in [-0.3, -0.25) is 0 Å². The maximum absolute atomic E-state index is 6.04. The van der Waals surface area contributed by atoms with Crippen molar-refractivity contribution in [3.05, 3.63) is 0 Å². The summed E-state index contributed by atoms with van der Waals surface area (Å²) >= 11 is 0. The molecule has 4 rings (SSSR count). The lowest BCUT2D eigenvalue weighted by atomic mass is 9.73. The highest BCUT2D eigenvalue weighted by Crippen LogP contribution is 2.54. The zero-order valence-corrected chi connectivity index (χ0v) is 23.0. The molecule has 0 aromatic rings. The molecule has 0 radical (unpaired) electrons. The Morgan fingerprint density at radius 3 is 1.03 bits per heavy atom. The van der Waals surface area contributed by atoms with E-state index < -0.39 is 5.97 Å². The topological polar surface area (TPSA) is 55.4 Å². The van der Waals surface area contributed by atoms with E-state index in [0.29, 0.717) is 13.0 Å². The van der Waals surface area contributed by atoms with E-state index in [9.17, 15) is 0 Å². The highest BCUT2D eigenvalue weighted by molar-refractivity contribution is 4.92. The van der Waals surface area contributed by atoms with Crippen LogP contribution >= 0.6 is 0 Å². The van der Waals surface area contributed by atoms with Crippen molar-refractivity contribution in [2.45, 2.75) is 173 Å². The molecule has 6 nitrogen and oxygen atoms in total. The van der Waals surface area contributed by atoms with Crippen LogP contribution in [-0.4, -0.2) is 12.6 Å². The first kappa shape index (κ1) is 28.8. The van der Waals surface area contributed by atoms with Gasteiger partial charge in [0.25, 0.3) is 0 Å². The number of rotatable bonds is 0. The summed E-state index contributed by atoms with van der Waals surface area (Å²) in [7, 11) is 0. The van der Waals surface area contributed by atoms with Crippen molar-refractivity contribution < 1.29 is 29.6 Å². The van der Waals surface area contributed by atoms with Crippen LogP contribution in [0.5, 0.6) is 0 Å². The Bertz CT molecular complexity index is 546. The summed E-state index contributed by atoms with van der Waals surface area (Å²) in [6, 6.07) is 0. The molecule has 3 spiro atoms. The summed E-state index contributed by atoms with van der Waals surface area (Å²) in [5.74, 6) is -1.28. The molecule has 6 heteroatoms. The maximum Gasteiger partial charge on any atom is 0.346 e. The van der Waals surface area contributed by atoms with Gasteiger partial charge in [0, 0.05) is 6.42 Å². The third-order valence-electron chi connectivity index (χ3n) is 9.72. The molecule has 4 aliphatic rings. The van der Waals surface area contributed by atoms with Gasteiger partial charge in [0.2, 0.25) is 0 Å². The Morgan fingerprint density at radius 1 is 0.306 bits per heavy atom. The van der Waals surface area contributed by atoms with E-state index in [1.807, 2.05) is 0 Å². The maximum atomic E-state index is 6.04. The predicted octanol–water partition coefficient (Wildman–Crippen LogP) is 9.57. The Kier molecular flexibility index (Phi) is 12.3. The molecule has 0 N–H and O–H groups in total. The van der Waals surface area contributed by atoms with Crippen molar-refractivity contribution in [1.82, 2.24) is 0 Å². The summed E-state index contributed by atoms with van der Waals surface area (Å²) in [6.45, 7) is 0.626. The average molecular weight is 511 g/mol. The molecular formula is C30H54O6. The van der Waals surface area contributed by atoms with Crippen LogP contribution in [0.3, 0.4) is 0 Å². The van der Waals surface area contributed by atoms with E-state index >= 15 is 0 Å². The Balaban J connectivity index is 1.18. The molecule has 0 aromatic carbocycles. The highest BCUT2D eigenvalue weighted by atomic mass is 17.8. The van der Waals surface area contributed by atoms with Gasteiger partial charge in [-0.15, -0.1) is 9.78 Å². The molecular weight excluding hydrogens is 456 g/mol. The molecule has 210 valence electrons. The van der Waals surface area contributed by atoms with Gasteiger partial charge in [0.05, 0.1) is 6.61 Å². The van der Waals surface area contributed by atoms with Crippen LogP contribution < -0.4 is 0 Å². The first-order valence-electron chi connectivity index (χ1n) is 15.7. The minimum Gasteiger partial charge on any atom is -0.323 e. The molecule has 2 saturated carbocycles. The van der Waals surface area contributed by atoms with Gasteiger partial charge in [-0.25, -0.2) is 0 Å². The Morgan fingerprint density at radius 2 is 0.667 bits per heavy atom. The van der Waals surface area contributed by atoms with Crippen molar-refractivity contribution in [2.75, 3.05) is 6.61 Å². The zero-order chi connectivity index (χ0) is 24.8. The van der Waals surface area contributed by atoms with Gasteiger partial charge in [0.1, 0.15) is 0 Å². The third kappa shape index (κ3) is 9.81. The van der Waals surface area contributed by atoms with Gasteiger partial charge in [0.15, 0.2) is 0 Å². The second kappa shape index (κ2) is 15.4. The molecule has 2 heterocycles. The van der Waals surface area contributed by atoms with Crippen LogP contribution in [0, 0.1) is 10.8 Å². The Labute approximate surface area is 220 Å². The van der Waals surface area contributed by atoms with E-state index in [-0.39, 0.29) is 5.41 Å². The van der Waals surface area contributed by atoms with Crippen molar-refractivity contribution in [3.8, 4) is 0 Å². The molecule has 0 aromatic heterocycles. The predicted molar refractivity (Wildman–Crippen MR) is 139 cm³/mol. The second-order valence-corrected chi connectivity index (χ2v) is 12.7. The van der Waals surface area contributed by atoms with Crippen LogP contribution in [0.1, 0.15) is 167 Å². The van der Waals surface area contributed by atoms with E-state index in [2.05, 4.69) is 15.1 Å². The molecule has 0 atom stereocenters. The van der Waals surface area contributed by atoms with Crippen molar-refractivity contribution in [1.29, 1.82) is 0 Å². The number of hydrogen-bond acceptors (Lipinski definition) is 6. The summed E-state index contributed by atoms with van der Waals surface area (Å²) in [5, 5.41) is 13.2. The molecule has 0 unspecified atom stereocenters. The average Bonchev–Trinajstić information content (AvgIpc) is 3.67. The molecule has 2 aliphatic heterocycles. The van der Waals surface area contributed by atoms with Crippen LogP contribution in [0.25, 0.3) is 0 Å².